The highest BCUT2D eigenvalue weighted by atomic mass is 16.6. The van der Waals surface area contributed by atoms with Crippen LogP contribution < -0.4 is 0 Å². The van der Waals surface area contributed by atoms with Gasteiger partial charge in [0.1, 0.15) is 0 Å². The highest BCUT2D eigenvalue weighted by Gasteiger charge is 2.14. The lowest BCUT2D eigenvalue weighted by Gasteiger charge is -2.05. The zero-order chi connectivity index (χ0) is 23.3. The van der Waals surface area contributed by atoms with E-state index in [1.54, 1.807) is 12.1 Å². The first kappa shape index (κ1) is 27.9. The van der Waals surface area contributed by atoms with Crippen LogP contribution in [0.15, 0.2) is 36.0 Å². The molecule has 0 unspecified atom stereocenters. The molecule has 0 radical (unpaired) electrons. The van der Waals surface area contributed by atoms with E-state index >= 15 is 0 Å². The summed E-state index contributed by atoms with van der Waals surface area (Å²) in [6.07, 6.45) is 20.9. The SMILES string of the molecule is CCCCCCCCCCCCCCCCCC(=O)OCC(=Cc1ccccc1)[N+](=O)[O-]. The third-order valence-corrected chi connectivity index (χ3v) is 5.73. The maximum Gasteiger partial charge on any atom is 0.306 e. The molecule has 0 amide bonds. The highest BCUT2D eigenvalue weighted by molar-refractivity contribution is 5.69. The summed E-state index contributed by atoms with van der Waals surface area (Å²) in [6.45, 7) is 1.97. The molecule has 0 aliphatic rings. The summed E-state index contributed by atoms with van der Waals surface area (Å²) >= 11 is 0. The second-order valence-corrected chi connectivity index (χ2v) is 8.66. The number of hydrogen-bond acceptors (Lipinski definition) is 4. The summed E-state index contributed by atoms with van der Waals surface area (Å²) < 4.78 is 5.11. The van der Waals surface area contributed by atoms with Crippen molar-refractivity contribution in [2.75, 3.05) is 6.61 Å². The van der Waals surface area contributed by atoms with Gasteiger partial charge in [-0.3, -0.25) is 14.9 Å². The quantitative estimate of drug-likeness (QED) is 0.0879. The molecule has 32 heavy (non-hydrogen) atoms. The molecule has 5 nitrogen and oxygen atoms in total. The lowest BCUT2D eigenvalue weighted by atomic mass is 10.0. The summed E-state index contributed by atoms with van der Waals surface area (Å²) in [6, 6.07) is 9.03. The fourth-order valence-electron chi connectivity index (χ4n) is 3.76. The monoisotopic (exact) mass is 445 g/mol. The van der Waals surface area contributed by atoms with Gasteiger partial charge in [-0.25, -0.2) is 0 Å². The van der Waals surface area contributed by atoms with Crippen molar-refractivity contribution in [3.63, 3.8) is 0 Å². The molecule has 0 aromatic heterocycles. The van der Waals surface area contributed by atoms with Gasteiger partial charge in [-0.15, -0.1) is 0 Å². The fourth-order valence-corrected chi connectivity index (χ4v) is 3.76. The van der Waals surface area contributed by atoms with Crippen molar-refractivity contribution < 1.29 is 14.5 Å². The summed E-state index contributed by atoms with van der Waals surface area (Å²) in [5.41, 5.74) is 0.610. The van der Waals surface area contributed by atoms with Gasteiger partial charge in [0.25, 0.3) is 5.70 Å². The van der Waals surface area contributed by atoms with Gasteiger partial charge in [-0.2, -0.15) is 0 Å². The van der Waals surface area contributed by atoms with Crippen LogP contribution in [0.2, 0.25) is 0 Å². The van der Waals surface area contributed by atoms with E-state index in [1.807, 2.05) is 18.2 Å². The van der Waals surface area contributed by atoms with E-state index in [-0.39, 0.29) is 18.3 Å². The Morgan fingerprint density at radius 1 is 0.812 bits per heavy atom. The van der Waals surface area contributed by atoms with Crippen LogP contribution in [0.5, 0.6) is 0 Å². The predicted octanol–water partition coefficient (Wildman–Crippen LogP) is 8.11. The summed E-state index contributed by atoms with van der Waals surface area (Å²) in [5.74, 6) is -0.361. The first-order valence-corrected chi connectivity index (χ1v) is 12.7. The van der Waals surface area contributed by atoms with Crippen LogP contribution in [0.4, 0.5) is 0 Å². The molecular weight excluding hydrogens is 402 g/mol. The van der Waals surface area contributed by atoms with E-state index in [4.69, 9.17) is 4.74 Å². The van der Waals surface area contributed by atoms with Gasteiger partial charge in [0, 0.05) is 12.5 Å². The van der Waals surface area contributed by atoms with Crippen molar-refractivity contribution in [2.24, 2.45) is 0 Å². The minimum atomic E-state index is -0.492. The summed E-state index contributed by atoms with van der Waals surface area (Å²) in [7, 11) is 0. The number of carbonyl (C=O) groups is 1. The Labute approximate surface area is 194 Å². The normalized spacial score (nSPS) is 11.5. The van der Waals surface area contributed by atoms with Gasteiger partial charge in [0.2, 0.25) is 0 Å². The van der Waals surface area contributed by atoms with Gasteiger partial charge < -0.3 is 4.74 Å². The molecule has 0 heterocycles. The van der Waals surface area contributed by atoms with E-state index in [2.05, 4.69) is 6.92 Å². The maximum atomic E-state index is 11.9. The molecule has 180 valence electrons. The Morgan fingerprint density at radius 2 is 1.28 bits per heavy atom. The molecule has 5 heteroatoms. The summed E-state index contributed by atoms with van der Waals surface area (Å²) in [5, 5.41) is 11.2. The van der Waals surface area contributed by atoms with Gasteiger partial charge in [0.05, 0.1) is 4.92 Å². The zero-order valence-electron chi connectivity index (χ0n) is 20.1. The van der Waals surface area contributed by atoms with E-state index < -0.39 is 4.92 Å². The number of nitro groups is 1. The van der Waals surface area contributed by atoms with Crippen LogP contribution in [0, 0.1) is 10.1 Å². The number of nitrogens with zero attached hydrogens (tertiary/aromatic N) is 1. The van der Waals surface area contributed by atoms with E-state index in [0.717, 1.165) is 24.8 Å². The van der Waals surface area contributed by atoms with Crippen molar-refractivity contribution in [3.05, 3.63) is 51.7 Å². The third kappa shape index (κ3) is 15.6. The molecule has 0 fully saturated rings. The standard InChI is InChI=1S/C27H43NO4/c1-2-3-4-5-6-7-8-9-10-11-12-13-14-15-19-22-27(29)32-24-26(28(30)31)23-25-20-17-16-18-21-25/h16-18,20-21,23H,2-15,19,22,24H2,1H3. The summed E-state index contributed by atoms with van der Waals surface area (Å²) in [4.78, 5) is 22.6. The first-order valence-electron chi connectivity index (χ1n) is 12.7. The van der Waals surface area contributed by atoms with Crippen LogP contribution in [0.3, 0.4) is 0 Å². The molecule has 0 bridgehead atoms. The Kier molecular flexibility index (Phi) is 17.0. The molecule has 0 spiro atoms. The average molecular weight is 446 g/mol. The van der Waals surface area contributed by atoms with Gasteiger partial charge in [0.15, 0.2) is 6.61 Å². The molecule has 0 aliphatic carbocycles. The number of benzene rings is 1. The number of hydrogen-bond donors (Lipinski definition) is 0. The second-order valence-electron chi connectivity index (χ2n) is 8.66. The molecule has 0 saturated carbocycles. The van der Waals surface area contributed by atoms with E-state index in [9.17, 15) is 14.9 Å². The highest BCUT2D eigenvalue weighted by Crippen LogP contribution is 2.14. The molecule has 0 saturated heterocycles. The van der Waals surface area contributed by atoms with Gasteiger partial charge in [-0.05, 0) is 12.0 Å². The van der Waals surface area contributed by atoms with Gasteiger partial charge in [-0.1, -0.05) is 127 Å². The minimum absolute atomic E-state index is 0.110. The molecule has 0 N–H and O–H groups in total. The molecule has 1 aromatic carbocycles. The predicted molar refractivity (Wildman–Crippen MR) is 132 cm³/mol. The number of carbonyl (C=O) groups excluding carboxylic acids is 1. The topological polar surface area (TPSA) is 69.4 Å². The second kappa shape index (κ2) is 19.5. The third-order valence-electron chi connectivity index (χ3n) is 5.73. The largest absolute Gasteiger partial charge is 0.454 e. The Hall–Kier alpha value is -2.17. The van der Waals surface area contributed by atoms with Crippen LogP contribution in [-0.2, 0) is 9.53 Å². The molecule has 0 aliphatic heterocycles. The van der Waals surface area contributed by atoms with Crippen molar-refractivity contribution >= 4 is 12.0 Å². The number of esters is 1. The Morgan fingerprint density at radius 3 is 1.75 bits per heavy atom. The molecular formula is C27H43NO4. The Balaban J connectivity index is 1.97. The number of unbranched alkanes of at least 4 members (excludes halogenated alkanes) is 14. The smallest absolute Gasteiger partial charge is 0.306 e. The number of ether oxygens (including phenoxy) is 1. The lowest BCUT2D eigenvalue weighted by molar-refractivity contribution is -0.428. The van der Waals surface area contributed by atoms with Crippen LogP contribution in [-0.4, -0.2) is 17.5 Å². The zero-order valence-corrected chi connectivity index (χ0v) is 20.1. The minimum Gasteiger partial charge on any atom is -0.454 e. The van der Waals surface area contributed by atoms with Crippen molar-refractivity contribution in [2.45, 2.75) is 110 Å². The van der Waals surface area contributed by atoms with Crippen molar-refractivity contribution in [1.82, 2.24) is 0 Å². The van der Waals surface area contributed by atoms with Crippen LogP contribution in [0.1, 0.15) is 115 Å². The molecule has 0 atom stereocenters. The lowest BCUT2D eigenvalue weighted by Crippen LogP contribution is -2.12. The van der Waals surface area contributed by atoms with Crippen LogP contribution in [0.25, 0.3) is 6.08 Å². The number of rotatable bonds is 20. The fraction of sp³-hybridized carbons (Fsp3) is 0.667. The van der Waals surface area contributed by atoms with Gasteiger partial charge >= 0.3 is 5.97 Å². The average Bonchev–Trinajstić information content (AvgIpc) is 2.79. The Bertz CT molecular complexity index is 642. The van der Waals surface area contributed by atoms with Crippen LogP contribution >= 0.6 is 0 Å². The van der Waals surface area contributed by atoms with Crippen molar-refractivity contribution in [1.29, 1.82) is 0 Å². The molecule has 1 rings (SSSR count). The van der Waals surface area contributed by atoms with E-state index in [0.29, 0.717) is 6.42 Å². The van der Waals surface area contributed by atoms with Crippen molar-refractivity contribution in [3.8, 4) is 0 Å². The first-order chi connectivity index (χ1) is 15.6. The van der Waals surface area contributed by atoms with E-state index in [1.165, 1.54) is 83.1 Å². The maximum absolute atomic E-state index is 11.9. The molecule has 1 aromatic rings.